The van der Waals surface area contributed by atoms with Crippen LogP contribution in [0.5, 0.6) is 0 Å². The Morgan fingerprint density at radius 3 is 2.57 bits per heavy atom. The highest BCUT2D eigenvalue weighted by Gasteiger charge is 2.03. The van der Waals surface area contributed by atoms with Gasteiger partial charge in [-0.1, -0.05) is 41.9 Å². The SMILES string of the molecule is N#Cc1nc(NCc2ccc(-c3cccnc3)cc2)ccc1Cl. The van der Waals surface area contributed by atoms with Crippen molar-refractivity contribution in [3.63, 3.8) is 0 Å². The van der Waals surface area contributed by atoms with Crippen molar-refractivity contribution in [2.45, 2.75) is 6.54 Å². The van der Waals surface area contributed by atoms with E-state index in [2.05, 4.69) is 39.6 Å². The lowest BCUT2D eigenvalue weighted by atomic mass is 10.1. The molecular weight excluding hydrogens is 308 g/mol. The lowest BCUT2D eigenvalue weighted by Crippen LogP contribution is -2.02. The minimum absolute atomic E-state index is 0.226. The van der Waals surface area contributed by atoms with E-state index >= 15 is 0 Å². The number of rotatable bonds is 4. The zero-order valence-corrected chi connectivity index (χ0v) is 13.0. The van der Waals surface area contributed by atoms with Crippen LogP contribution in [-0.4, -0.2) is 9.97 Å². The Hall–Kier alpha value is -2.90. The summed E-state index contributed by atoms with van der Waals surface area (Å²) in [6.07, 6.45) is 3.60. The van der Waals surface area contributed by atoms with Gasteiger partial charge < -0.3 is 5.32 Å². The normalized spacial score (nSPS) is 10.1. The summed E-state index contributed by atoms with van der Waals surface area (Å²) in [7, 11) is 0. The van der Waals surface area contributed by atoms with Crippen molar-refractivity contribution in [3.8, 4) is 17.2 Å². The van der Waals surface area contributed by atoms with E-state index in [4.69, 9.17) is 16.9 Å². The van der Waals surface area contributed by atoms with Gasteiger partial charge in [-0.15, -0.1) is 0 Å². The van der Waals surface area contributed by atoms with Crippen molar-refractivity contribution in [2.75, 3.05) is 5.32 Å². The van der Waals surface area contributed by atoms with E-state index in [1.807, 2.05) is 24.4 Å². The van der Waals surface area contributed by atoms with Gasteiger partial charge in [-0.25, -0.2) is 4.98 Å². The Balaban J connectivity index is 1.69. The van der Waals surface area contributed by atoms with E-state index in [9.17, 15) is 0 Å². The van der Waals surface area contributed by atoms with Gasteiger partial charge in [0.15, 0.2) is 5.69 Å². The number of hydrogen-bond acceptors (Lipinski definition) is 4. The van der Waals surface area contributed by atoms with Crippen LogP contribution in [-0.2, 0) is 6.54 Å². The van der Waals surface area contributed by atoms with Gasteiger partial charge in [0.2, 0.25) is 0 Å². The van der Waals surface area contributed by atoms with E-state index in [-0.39, 0.29) is 5.69 Å². The molecule has 112 valence electrons. The van der Waals surface area contributed by atoms with Crippen LogP contribution in [0.2, 0.25) is 5.02 Å². The van der Waals surface area contributed by atoms with Gasteiger partial charge in [0.25, 0.3) is 0 Å². The van der Waals surface area contributed by atoms with Crippen LogP contribution < -0.4 is 5.32 Å². The molecule has 3 aromatic rings. The highest BCUT2D eigenvalue weighted by atomic mass is 35.5. The first-order valence-electron chi connectivity index (χ1n) is 7.06. The summed E-state index contributed by atoms with van der Waals surface area (Å²) in [4.78, 5) is 8.28. The Bertz CT molecular complexity index is 839. The van der Waals surface area contributed by atoms with Crippen molar-refractivity contribution in [1.29, 1.82) is 5.26 Å². The molecule has 0 unspecified atom stereocenters. The second-order valence-electron chi connectivity index (χ2n) is 4.93. The lowest BCUT2D eigenvalue weighted by molar-refractivity contribution is 1.10. The number of pyridine rings is 2. The molecule has 0 saturated heterocycles. The number of hydrogen-bond donors (Lipinski definition) is 1. The van der Waals surface area contributed by atoms with Gasteiger partial charge in [0, 0.05) is 18.9 Å². The summed E-state index contributed by atoms with van der Waals surface area (Å²) in [6, 6.07) is 17.6. The average molecular weight is 321 g/mol. The van der Waals surface area contributed by atoms with E-state index in [0.29, 0.717) is 17.4 Å². The topological polar surface area (TPSA) is 61.6 Å². The monoisotopic (exact) mass is 320 g/mol. The van der Waals surface area contributed by atoms with Crippen LogP contribution in [0, 0.1) is 11.3 Å². The van der Waals surface area contributed by atoms with Gasteiger partial charge in [-0.3, -0.25) is 4.98 Å². The Morgan fingerprint density at radius 2 is 1.87 bits per heavy atom. The Labute approximate surface area is 139 Å². The molecule has 0 bridgehead atoms. The molecule has 0 spiro atoms. The van der Waals surface area contributed by atoms with Gasteiger partial charge in [-0.05, 0) is 34.9 Å². The highest BCUT2D eigenvalue weighted by Crippen LogP contribution is 2.19. The largest absolute Gasteiger partial charge is 0.366 e. The molecule has 0 aliphatic heterocycles. The zero-order valence-electron chi connectivity index (χ0n) is 12.2. The van der Waals surface area contributed by atoms with Crippen molar-refractivity contribution >= 4 is 17.4 Å². The third-order valence-corrected chi connectivity index (χ3v) is 3.68. The minimum atomic E-state index is 0.226. The van der Waals surface area contributed by atoms with Gasteiger partial charge in [0.05, 0.1) is 5.02 Å². The third-order valence-electron chi connectivity index (χ3n) is 3.37. The fraction of sp³-hybridized carbons (Fsp3) is 0.0556. The first kappa shape index (κ1) is 15.0. The zero-order chi connectivity index (χ0) is 16.1. The molecule has 1 aromatic carbocycles. The molecule has 0 amide bonds. The smallest absolute Gasteiger partial charge is 0.161 e. The third kappa shape index (κ3) is 3.65. The van der Waals surface area contributed by atoms with Crippen molar-refractivity contribution in [2.24, 2.45) is 0 Å². The Kier molecular flexibility index (Phi) is 4.51. The maximum Gasteiger partial charge on any atom is 0.161 e. The van der Waals surface area contributed by atoms with Crippen LogP contribution in [0.25, 0.3) is 11.1 Å². The Morgan fingerprint density at radius 1 is 1.04 bits per heavy atom. The highest BCUT2D eigenvalue weighted by molar-refractivity contribution is 6.31. The number of anilines is 1. The molecule has 2 aromatic heterocycles. The molecule has 2 heterocycles. The fourth-order valence-corrected chi connectivity index (χ4v) is 2.31. The quantitative estimate of drug-likeness (QED) is 0.779. The molecule has 23 heavy (non-hydrogen) atoms. The maximum absolute atomic E-state index is 8.94. The molecule has 0 saturated carbocycles. The minimum Gasteiger partial charge on any atom is -0.366 e. The molecule has 0 aliphatic carbocycles. The molecule has 0 aliphatic rings. The van der Waals surface area contributed by atoms with Crippen LogP contribution in [0.4, 0.5) is 5.82 Å². The first-order valence-corrected chi connectivity index (χ1v) is 7.44. The lowest BCUT2D eigenvalue weighted by Gasteiger charge is -2.07. The molecule has 4 nitrogen and oxygen atoms in total. The summed E-state index contributed by atoms with van der Waals surface area (Å²) in [5.74, 6) is 0.627. The van der Waals surface area contributed by atoms with Crippen LogP contribution in [0.1, 0.15) is 11.3 Å². The number of benzene rings is 1. The number of halogens is 1. The van der Waals surface area contributed by atoms with E-state index in [1.165, 1.54) is 0 Å². The van der Waals surface area contributed by atoms with Gasteiger partial charge >= 0.3 is 0 Å². The summed E-state index contributed by atoms with van der Waals surface area (Å²) in [6.45, 7) is 0.618. The predicted octanol–water partition coefficient (Wildman–Crippen LogP) is 4.28. The van der Waals surface area contributed by atoms with E-state index in [1.54, 1.807) is 18.3 Å². The molecular formula is C18H13ClN4. The second-order valence-corrected chi connectivity index (χ2v) is 5.34. The molecule has 3 rings (SSSR count). The van der Waals surface area contributed by atoms with Crippen LogP contribution in [0.15, 0.2) is 60.9 Å². The van der Waals surface area contributed by atoms with Gasteiger partial charge in [-0.2, -0.15) is 5.26 Å². The summed E-state index contributed by atoms with van der Waals surface area (Å²) >= 11 is 5.87. The number of aromatic nitrogens is 2. The predicted molar refractivity (Wildman–Crippen MR) is 91.0 cm³/mol. The van der Waals surface area contributed by atoms with Crippen molar-refractivity contribution < 1.29 is 0 Å². The first-order chi connectivity index (χ1) is 11.3. The molecule has 0 atom stereocenters. The van der Waals surface area contributed by atoms with Crippen LogP contribution in [0.3, 0.4) is 0 Å². The summed E-state index contributed by atoms with van der Waals surface area (Å²) in [5, 5.41) is 12.5. The summed E-state index contributed by atoms with van der Waals surface area (Å²) < 4.78 is 0. The van der Waals surface area contributed by atoms with Crippen molar-refractivity contribution in [1.82, 2.24) is 9.97 Å². The molecule has 0 radical (unpaired) electrons. The van der Waals surface area contributed by atoms with E-state index in [0.717, 1.165) is 16.7 Å². The number of nitrogens with zero attached hydrogens (tertiary/aromatic N) is 3. The molecule has 5 heteroatoms. The standard InChI is InChI=1S/C18H13ClN4/c19-16-7-8-18(23-17(16)10-20)22-11-13-3-5-14(6-4-13)15-2-1-9-21-12-15/h1-9,12H,11H2,(H,22,23). The van der Waals surface area contributed by atoms with E-state index < -0.39 is 0 Å². The fourth-order valence-electron chi connectivity index (χ4n) is 2.16. The molecule has 0 fully saturated rings. The maximum atomic E-state index is 8.94. The molecule has 1 N–H and O–H groups in total. The average Bonchev–Trinajstić information content (AvgIpc) is 2.62. The summed E-state index contributed by atoms with van der Waals surface area (Å²) in [5.41, 5.74) is 3.56. The number of nitriles is 1. The second kappa shape index (κ2) is 6.91. The number of nitrogens with one attached hydrogen (secondary N) is 1. The van der Waals surface area contributed by atoms with Crippen molar-refractivity contribution in [3.05, 3.63) is 77.2 Å². The van der Waals surface area contributed by atoms with Gasteiger partial charge in [0.1, 0.15) is 11.9 Å². The van der Waals surface area contributed by atoms with Crippen LogP contribution >= 0.6 is 11.6 Å².